The average molecular weight is 551 g/mol. The van der Waals surface area contributed by atoms with E-state index in [0.717, 1.165) is 48.9 Å². The first-order valence-electron chi connectivity index (χ1n) is 13.1. The second-order valence-corrected chi connectivity index (χ2v) is 11.6. The lowest BCUT2D eigenvalue weighted by Crippen LogP contribution is -2.55. The zero-order valence-electron chi connectivity index (χ0n) is 21.5. The number of hydrogen-bond donors (Lipinski definition) is 1. The summed E-state index contributed by atoms with van der Waals surface area (Å²) < 4.78 is 14.8. The number of nitrogens with zero attached hydrogens (tertiary/aromatic N) is 2. The highest BCUT2D eigenvalue weighted by molar-refractivity contribution is 6.35. The average Bonchev–Trinajstić information content (AvgIpc) is 3.28. The molecule has 0 unspecified atom stereocenters. The third-order valence-corrected chi connectivity index (χ3v) is 8.89. The van der Waals surface area contributed by atoms with Gasteiger partial charge in [-0.1, -0.05) is 53.5 Å². The van der Waals surface area contributed by atoms with E-state index in [4.69, 9.17) is 23.2 Å². The van der Waals surface area contributed by atoms with Crippen LogP contribution in [0.2, 0.25) is 10.0 Å². The molecule has 0 bridgehead atoms. The lowest BCUT2D eigenvalue weighted by molar-refractivity contribution is 0.0226. The molecule has 38 heavy (non-hydrogen) atoms. The highest BCUT2D eigenvalue weighted by Gasteiger charge is 2.49. The zero-order valence-corrected chi connectivity index (χ0v) is 23.0. The molecular formula is C31H30Cl2FN3O. The number of carbonyl (C=O) groups is 1. The molecule has 1 aromatic heterocycles. The van der Waals surface area contributed by atoms with Crippen LogP contribution in [0.1, 0.15) is 58.8 Å². The van der Waals surface area contributed by atoms with Crippen LogP contribution in [0.4, 0.5) is 10.1 Å². The summed E-state index contributed by atoms with van der Waals surface area (Å²) in [5.74, 6) is -0.0454. The Balaban J connectivity index is 1.43. The number of amides is 1. The fourth-order valence-electron chi connectivity index (χ4n) is 6.82. The van der Waals surface area contributed by atoms with E-state index in [9.17, 15) is 9.18 Å². The van der Waals surface area contributed by atoms with Gasteiger partial charge in [0.15, 0.2) is 0 Å². The van der Waals surface area contributed by atoms with E-state index in [2.05, 4.69) is 23.2 Å². The summed E-state index contributed by atoms with van der Waals surface area (Å²) in [5, 5.41) is 2.12. The number of aromatic amines is 1. The molecule has 2 aliphatic rings. The van der Waals surface area contributed by atoms with Gasteiger partial charge in [-0.05, 0) is 79.5 Å². The Morgan fingerprint density at radius 2 is 1.74 bits per heavy atom. The van der Waals surface area contributed by atoms with Crippen LogP contribution in [0.25, 0.3) is 10.9 Å². The number of benzene rings is 3. The predicted molar refractivity (Wildman–Crippen MR) is 153 cm³/mol. The Morgan fingerprint density at radius 1 is 1.03 bits per heavy atom. The van der Waals surface area contributed by atoms with Gasteiger partial charge in [-0.25, -0.2) is 4.39 Å². The van der Waals surface area contributed by atoms with Crippen molar-refractivity contribution in [3.8, 4) is 0 Å². The number of rotatable bonds is 3. The van der Waals surface area contributed by atoms with Gasteiger partial charge in [0.05, 0.1) is 11.2 Å². The molecule has 196 valence electrons. The van der Waals surface area contributed by atoms with Crippen molar-refractivity contribution in [3.63, 3.8) is 0 Å². The molecule has 1 fully saturated rings. The molecule has 1 spiro atoms. The Hall–Kier alpha value is -3.02. The molecule has 3 aromatic carbocycles. The fourth-order valence-corrected chi connectivity index (χ4v) is 7.34. The second kappa shape index (κ2) is 9.62. The first kappa shape index (κ1) is 25.3. The van der Waals surface area contributed by atoms with E-state index < -0.39 is 5.54 Å². The SMILES string of the molecule is CN(C)c1c(F)cccc1C1CCC2(CC1)c1[nH]c3ccccc3c1CCN2C(=O)c1cc(Cl)cc(Cl)c1. The Bertz CT molecular complexity index is 1520. The molecule has 1 saturated carbocycles. The van der Waals surface area contributed by atoms with Crippen molar-refractivity contribution in [3.05, 3.63) is 98.9 Å². The molecule has 6 rings (SSSR count). The number of halogens is 3. The molecule has 0 atom stereocenters. The highest BCUT2D eigenvalue weighted by atomic mass is 35.5. The van der Waals surface area contributed by atoms with Crippen LogP contribution in [-0.4, -0.2) is 36.4 Å². The van der Waals surface area contributed by atoms with Crippen molar-refractivity contribution in [2.45, 2.75) is 43.6 Å². The summed E-state index contributed by atoms with van der Waals surface area (Å²) in [4.78, 5) is 21.7. The molecule has 0 saturated heterocycles. The minimum absolute atomic E-state index is 0.0584. The van der Waals surface area contributed by atoms with Crippen molar-refractivity contribution < 1.29 is 9.18 Å². The van der Waals surface area contributed by atoms with Crippen molar-refractivity contribution >= 4 is 45.7 Å². The van der Waals surface area contributed by atoms with Gasteiger partial charge in [0, 0.05) is 52.8 Å². The largest absolute Gasteiger partial charge is 0.375 e. The molecule has 4 nitrogen and oxygen atoms in total. The Labute approximate surface area is 232 Å². The van der Waals surface area contributed by atoms with Crippen molar-refractivity contribution in [2.75, 3.05) is 25.5 Å². The maximum atomic E-state index is 14.8. The smallest absolute Gasteiger partial charge is 0.254 e. The van der Waals surface area contributed by atoms with Crippen LogP contribution in [0.3, 0.4) is 0 Å². The number of anilines is 1. The molecule has 0 radical (unpaired) electrons. The minimum Gasteiger partial charge on any atom is -0.375 e. The molecule has 4 aromatic rings. The van der Waals surface area contributed by atoms with Crippen molar-refractivity contribution in [2.24, 2.45) is 0 Å². The lowest BCUT2D eigenvalue weighted by Gasteiger charge is -2.51. The maximum Gasteiger partial charge on any atom is 0.254 e. The van der Waals surface area contributed by atoms with Gasteiger partial charge in [-0.2, -0.15) is 0 Å². The number of carbonyl (C=O) groups excluding carboxylic acids is 1. The first-order valence-corrected chi connectivity index (χ1v) is 13.9. The first-order chi connectivity index (χ1) is 18.3. The normalized spacial score (nSPS) is 21.1. The summed E-state index contributed by atoms with van der Waals surface area (Å²) in [6, 6.07) is 18.8. The summed E-state index contributed by atoms with van der Waals surface area (Å²) in [7, 11) is 3.78. The summed E-state index contributed by atoms with van der Waals surface area (Å²) in [5.41, 5.74) is 5.24. The van der Waals surface area contributed by atoms with E-state index in [1.165, 1.54) is 17.0 Å². The van der Waals surface area contributed by atoms with E-state index in [1.807, 2.05) is 36.0 Å². The van der Waals surface area contributed by atoms with Gasteiger partial charge < -0.3 is 14.8 Å². The quantitative estimate of drug-likeness (QED) is 0.281. The number of H-pyrrole nitrogens is 1. The number of hydrogen-bond acceptors (Lipinski definition) is 2. The molecule has 1 aliphatic heterocycles. The highest BCUT2D eigenvalue weighted by Crippen LogP contribution is 2.52. The predicted octanol–water partition coefficient (Wildman–Crippen LogP) is 7.93. The molecule has 1 amide bonds. The van der Waals surface area contributed by atoms with E-state index >= 15 is 0 Å². The summed E-state index contributed by atoms with van der Waals surface area (Å²) >= 11 is 12.6. The fraction of sp³-hybridized carbons (Fsp3) is 0.323. The molecule has 1 N–H and O–H groups in total. The van der Waals surface area contributed by atoms with Crippen molar-refractivity contribution in [1.82, 2.24) is 9.88 Å². The summed E-state index contributed by atoms with van der Waals surface area (Å²) in [6.45, 7) is 0.616. The van der Waals surface area contributed by atoms with Crippen LogP contribution in [0, 0.1) is 5.82 Å². The van der Waals surface area contributed by atoms with Gasteiger partial charge >= 0.3 is 0 Å². The van der Waals surface area contributed by atoms with Crippen LogP contribution in [0.5, 0.6) is 0 Å². The van der Waals surface area contributed by atoms with Crippen LogP contribution in [-0.2, 0) is 12.0 Å². The van der Waals surface area contributed by atoms with Gasteiger partial charge in [-0.3, -0.25) is 4.79 Å². The number of fused-ring (bicyclic) bond motifs is 4. The van der Waals surface area contributed by atoms with Gasteiger partial charge in [-0.15, -0.1) is 0 Å². The van der Waals surface area contributed by atoms with Gasteiger partial charge in [0.1, 0.15) is 5.82 Å². The van der Waals surface area contributed by atoms with Gasteiger partial charge in [0.25, 0.3) is 5.91 Å². The van der Waals surface area contributed by atoms with Gasteiger partial charge in [0.2, 0.25) is 0 Å². The van der Waals surface area contributed by atoms with Crippen molar-refractivity contribution in [1.29, 1.82) is 0 Å². The van der Waals surface area contributed by atoms with E-state index in [1.54, 1.807) is 24.3 Å². The number of aromatic nitrogens is 1. The Morgan fingerprint density at radius 3 is 2.45 bits per heavy atom. The Kier molecular flexibility index (Phi) is 6.40. The minimum atomic E-state index is -0.486. The number of nitrogens with one attached hydrogen (secondary N) is 1. The monoisotopic (exact) mass is 549 g/mol. The molecule has 7 heteroatoms. The lowest BCUT2D eigenvalue weighted by atomic mass is 9.69. The number of para-hydroxylation sites is 2. The maximum absolute atomic E-state index is 14.8. The zero-order chi connectivity index (χ0) is 26.6. The third-order valence-electron chi connectivity index (χ3n) is 8.45. The third kappa shape index (κ3) is 4.07. The van der Waals surface area contributed by atoms with Crippen LogP contribution < -0.4 is 4.90 Å². The van der Waals surface area contributed by atoms with Crippen LogP contribution >= 0.6 is 23.2 Å². The molecular weight excluding hydrogens is 520 g/mol. The standard InChI is InChI=1S/C31H30Cl2FN3O/c1-36(2)28-23(7-5-8-26(28)34)19-10-13-31(14-11-19)29-25(24-6-3-4-9-27(24)35-29)12-15-37(31)30(38)20-16-21(32)18-22(33)17-20/h3-9,16-19,35H,10-15H2,1-2H3. The summed E-state index contributed by atoms with van der Waals surface area (Å²) in [6.07, 6.45) is 4.03. The second-order valence-electron chi connectivity index (χ2n) is 10.8. The molecule has 1 aliphatic carbocycles. The molecule has 2 heterocycles. The topological polar surface area (TPSA) is 39.3 Å². The van der Waals surface area contributed by atoms with E-state index in [-0.39, 0.29) is 17.6 Å². The van der Waals surface area contributed by atoms with Crippen LogP contribution in [0.15, 0.2) is 60.7 Å². The van der Waals surface area contributed by atoms with E-state index in [0.29, 0.717) is 27.8 Å².